The van der Waals surface area contributed by atoms with Crippen molar-refractivity contribution in [3.63, 3.8) is 0 Å². The van der Waals surface area contributed by atoms with Gasteiger partial charge in [0.1, 0.15) is 0 Å². The van der Waals surface area contributed by atoms with E-state index in [0.29, 0.717) is 5.92 Å². The molecule has 4 nitrogen and oxygen atoms in total. The average Bonchev–Trinajstić information content (AvgIpc) is 2.79. The van der Waals surface area contributed by atoms with Crippen molar-refractivity contribution in [1.29, 1.82) is 0 Å². The van der Waals surface area contributed by atoms with Crippen molar-refractivity contribution in [3.8, 4) is 0 Å². The van der Waals surface area contributed by atoms with E-state index in [1.54, 1.807) is 0 Å². The van der Waals surface area contributed by atoms with Crippen molar-refractivity contribution in [2.24, 2.45) is 5.92 Å². The Bertz CT molecular complexity index is 253. The van der Waals surface area contributed by atoms with Crippen LogP contribution in [0, 0.1) is 5.92 Å². The van der Waals surface area contributed by atoms with E-state index in [1.807, 2.05) is 13.8 Å². The number of nitrogens with zero attached hydrogens (tertiary/aromatic N) is 1. The molecule has 1 N–H and O–H groups in total. The van der Waals surface area contributed by atoms with Crippen molar-refractivity contribution in [1.82, 2.24) is 10.2 Å². The van der Waals surface area contributed by atoms with Crippen LogP contribution in [0.1, 0.15) is 26.7 Å². The maximum atomic E-state index is 11.4. The summed E-state index contributed by atoms with van der Waals surface area (Å²) in [5.74, 6) is 0.405. The topological polar surface area (TPSA) is 49.4 Å². The largest absolute Gasteiger partial charge is 0.329 e. The van der Waals surface area contributed by atoms with Crippen LogP contribution >= 0.6 is 0 Å². The molecule has 0 aromatic heterocycles. The SMILES string of the molecule is CC(C)(C1CC1)N1C(=O)CNC1=O. The number of hydrogen-bond donors (Lipinski definition) is 1. The molecule has 4 heteroatoms. The number of nitrogens with one attached hydrogen (secondary N) is 1. The number of imide groups is 1. The molecule has 1 aliphatic carbocycles. The summed E-state index contributed by atoms with van der Waals surface area (Å²) in [5, 5.41) is 2.55. The summed E-state index contributed by atoms with van der Waals surface area (Å²) in [7, 11) is 0. The first-order valence-electron chi connectivity index (χ1n) is 4.64. The molecule has 0 aromatic rings. The molecule has 3 amide bonds. The molecule has 0 spiro atoms. The van der Waals surface area contributed by atoms with Crippen molar-refractivity contribution in [2.75, 3.05) is 6.54 Å². The van der Waals surface area contributed by atoms with Gasteiger partial charge in [0.05, 0.1) is 6.54 Å². The number of carbonyl (C=O) groups is 2. The second kappa shape index (κ2) is 2.47. The van der Waals surface area contributed by atoms with Gasteiger partial charge in [0.25, 0.3) is 5.91 Å². The highest BCUT2D eigenvalue weighted by Gasteiger charge is 2.48. The van der Waals surface area contributed by atoms with Crippen molar-refractivity contribution < 1.29 is 9.59 Å². The molecule has 1 saturated heterocycles. The molecule has 0 radical (unpaired) electrons. The summed E-state index contributed by atoms with van der Waals surface area (Å²) in [4.78, 5) is 24.1. The predicted octanol–water partition coefficient (Wildman–Crippen LogP) is 0.727. The Hall–Kier alpha value is -1.06. The van der Waals surface area contributed by atoms with E-state index >= 15 is 0 Å². The summed E-state index contributed by atoms with van der Waals surface area (Å²) in [6.45, 7) is 4.09. The predicted molar refractivity (Wildman–Crippen MR) is 47.0 cm³/mol. The lowest BCUT2D eigenvalue weighted by molar-refractivity contribution is -0.129. The van der Waals surface area contributed by atoms with E-state index < -0.39 is 0 Å². The van der Waals surface area contributed by atoms with E-state index in [1.165, 1.54) is 4.90 Å². The van der Waals surface area contributed by atoms with Gasteiger partial charge in [0, 0.05) is 5.54 Å². The number of rotatable bonds is 2. The summed E-state index contributed by atoms with van der Waals surface area (Å²) >= 11 is 0. The lowest BCUT2D eigenvalue weighted by Gasteiger charge is -2.32. The Morgan fingerprint density at radius 3 is 2.38 bits per heavy atom. The smallest absolute Gasteiger partial charge is 0.325 e. The zero-order valence-corrected chi connectivity index (χ0v) is 7.96. The van der Waals surface area contributed by atoms with E-state index in [0.717, 1.165) is 12.8 Å². The number of hydrogen-bond acceptors (Lipinski definition) is 2. The minimum absolute atomic E-state index is 0.0955. The lowest BCUT2D eigenvalue weighted by atomic mass is 9.96. The summed E-state index contributed by atoms with van der Waals surface area (Å²) in [6, 6.07) is -0.234. The molecule has 1 saturated carbocycles. The number of urea groups is 1. The van der Waals surface area contributed by atoms with Crippen LogP contribution in [0.5, 0.6) is 0 Å². The average molecular weight is 182 g/mol. The van der Waals surface area contributed by atoms with Gasteiger partial charge in [-0.05, 0) is 32.6 Å². The standard InChI is InChI=1S/C9H14N2O2/c1-9(2,6-3-4-6)11-7(12)5-10-8(11)13/h6H,3-5H2,1-2H3,(H,10,13). The first-order chi connectivity index (χ1) is 6.03. The Morgan fingerprint density at radius 1 is 1.38 bits per heavy atom. The van der Waals surface area contributed by atoms with Gasteiger partial charge in [-0.3, -0.25) is 9.69 Å². The maximum Gasteiger partial charge on any atom is 0.325 e. The fourth-order valence-electron chi connectivity index (χ4n) is 1.98. The summed E-state index contributed by atoms with van der Waals surface area (Å²) in [5.41, 5.74) is -0.294. The van der Waals surface area contributed by atoms with Gasteiger partial charge in [-0.25, -0.2) is 4.79 Å². The van der Waals surface area contributed by atoms with E-state index in [4.69, 9.17) is 0 Å². The van der Waals surface area contributed by atoms with Crippen LogP contribution in [0.25, 0.3) is 0 Å². The molecule has 13 heavy (non-hydrogen) atoms. The van der Waals surface area contributed by atoms with Crippen LogP contribution in [-0.2, 0) is 4.79 Å². The van der Waals surface area contributed by atoms with E-state index in [2.05, 4.69) is 5.32 Å². The molecule has 0 atom stereocenters. The Balaban J connectivity index is 2.22. The molecular formula is C9H14N2O2. The molecule has 2 fully saturated rings. The van der Waals surface area contributed by atoms with Gasteiger partial charge in [0.15, 0.2) is 0 Å². The van der Waals surface area contributed by atoms with Crippen molar-refractivity contribution in [3.05, 3.63) is 0 Å². The fourth-order valence-corrected chi connectivity index (χ4v) is 1.98. The molecule has 2 aliphatic rings. The first kappa shape index (κ1) is 8.53. The molecule has 2 rings (SSSR count). The number of amides is 3. The highest BCUT2D eigenvalue weighted by Crippen LogP contribution is 2.43. The summed E-state index contributed by atoms with van der Waals surface area (Å²) < 4.78 is 0. The normalized spacial score (nSPS) is 23.7. The van der Waals surface area contributed by atoms with Crippen molar-refractivity contribution in [2.45, 2.75) is 32.2 Å². The maximum absolute atomic E-state index is 11.4. The third-order valence-corrected chi connectivity index (χ3v) is 3.00. The Morgan fingerprint density at radius 2 is 2.00 bits per heavy atom. The molecule has 72 valence electrons. The van der Waals surface area contributed by atoms with Gasteiger partial charge in [-0.15, -0.1) is 0 Å². The highest BCUT2D eigenvalue weighted by atomic mass is 16.2. The second-order valence-corrected chi connectivity index (χ2v) is 4.32. The molecule has 1 heterocycles. The minimum Gasteiger partial charge on any atom is -0.329 e. The van der Waals surface area contributed by atoms with Gasteiger partial charge >= 0.3 is 6.03 Å². The van der Waals surface area contributed by atoms with Crippen LogP contribution in [0.3, 0.4) is 0 Å². The van der Waals surface area contributed by atoms with Gasteiger partial charge < -0.3 is 5.32 Å². The van der Waals surface area contributed by atoms with E-state index in [9.17, 15) is 9.59 Å². The highest BCUT2D eigenvalue weighted by molar-refractivity contribution is 6.02. The minimum atomic E-state index is -0.294. The van der Waals surface area contributed by atoms with Gasteiger partial charge in [0.2, 0.25) is 0 Å². The first-order valence-corrected chi connectivity index (χ1v) is 4.64. The van der Waals surface area contributed by atoms with Crippen LogP contribution < -0.4 is 5.32 Å². The third-order valence-electron chi connectivity index (χ3n) is 3.00. The Labute approximate surface area is 77.3 Å². The van der Waals surface area contributed by atoms with Crippen molar-refractivity contribution >= 4 is 11.9 Å². The quantitative estimate of drug-likeness (QED) is 0.640. The van der Waals surface area contributed by atoms with Gasteiger partial charge in [-0.1, -0.05) is 0 Å². The monoisotopic (exact) mass is 182 g/mol. The third kappa shape index (κ3) is 1.20. The molecular weight excluding hydrogens is 168 g/mol. The van der Waals surface area contributed by atoms with Crippen LogP contribution in [0.15, 0.2) is 0 Å². The van der Waals surface area contributed by atoms with Crippen LogP contribution in [0.4, 0.5) is 4.79 Å². The van der Waals surface area contributed by atoms with E-state index in [-0.39, 0.29) is 24.0 Å². The second-order valence-electron chi connectivity index (χ2n) is 4.32. The molecule has 0 aromatic carbocycles. The zero-order chi connectivity index (χ0) is 9.64. The van der Waals surface area contributed by atoms with Crippen LogP contribution in [0.2, 0.25) is 0 Å². The molecule has 1 aliphatic heterocycles. The van der Waals surface area contributed by atoms with Crippen LogP contribution in [-0.4, -0.2) is 28.9 Å². The Kier molecular flexibility index (Phi) is 1.62. The summed E-state index contributed by atoms with van der Waals surface area (Å²) in [6.07, 6.45) is 2.26. The molecule has 0 unspecified atom stereocenters. The van der Waals surface area contributed by atoms with Gasteiger partial charge in [-0.2, -0.15) is 0 Å². The fraction of sp³-hybridized carbons (Fsp3) is 0.778. The molecule has 0 bridgehead atoms. The lowest BCUT2D eigenvalue weighted by Crippen LogP contribution is -2.49. The zero-order valence-electron chi connectivity index (χ0n) is 7.96. The number of carbonyl (C=O) groups excluding carboxylic acids is 2.